The summed E-state index contributed by atoms with van der Waals surface area (Å²) in [7, 11) is 0. The summed E-state index contributed by atoms with van der Waals surface area (Å²) < 4.78 is 5.69. The number of nitrogens with one attached hydrogen (secondary N) is 1. The number of non-ortho nitro benzene ring substituents is 1. The van der Waals surface area contributed by atoms with Crippen molar-refractivity contribution in [2.75, 3.05) is 11.9 Å². The Hall–Kier alpha value is -3.89. The third-order valence-electron chi connectivity index (χ3n) is 4.55. The van der Waals surface area contributed by atoms with Crippen molar-refractivity contribution in [3.63, 3.8) is 0 Å². The highest BCUT2D eigenvalue weighted by Gasteiger charge is 2.36. The second-order valence-electron chi connectivity index (χ2n) is 6.83. The quantitative estimate of drug-likeness (QED) is 0.291. The highest BCUT2D eigenvalue weighted by molar-refractivity contribution is 8.18. The molecule has 3 aromatic rings. The second kappa shape index (κ2) is 9.31. The molecule has 1 saturated heterocycles. The van der Waals surface area contributed by atoms with Crippen LogP contribution in [0.2, 0.25) is 5.02 Å². The molecule has 3 amide bonds. The summed E-state index contributed by atoms with van der Waals surface area (Å²) in [5.74, 6) is -0.396. The van der Waals surface area contributed by atoms with E-state index in [0.29, 0.717) is 39.6 Å². The van der Waals surface area contributed by atoms with Gasteiger partial charge < -0.3 is 9.73 Å². The van der Waals surface area contributed by atoms with E-state index >= 15 is 0 Å². The minimum absolute atomic E-state index is 0.0430. The zero-order chi connectivity index (χ0) is 23.5. The number of thioether (sulfide) groups is 1. The molecule has 1 aliphatic heterocycles. The number of nitro groups is 1. The SMILES string of the molecule is O=C(CN1C(=O)S/C(=C/c2ccc(-c3ccc([N+](=O)[O-])cc3)o2)C1=O)Nc1cccc(Cl)c1. The molecule has 9 nitrogen and oxygen atoms in total. The zero-order valence-corrected chi connectivity index (χ0v) is 18.3. The molecule has 0 atom stereocenters. The van der Waals surface area contributed by atoms with Crippen LogP contribution in [-0.2, 0) is 9.59 Å². The molecule has 0 spiro atoms. The number of carbonyl (C=O) groups excluding carboxylic acids is 3. The maximum Gasteiger partial charge on any atom is 0.294 e. The Balaban J connectivity index is 1.44. The normalized spacial score (nSPS) is 14.7. The standard InChI is InChI=1S/C22H14ClN3O6S/c23-14-2-1-3-15(10-14)24-20(27)12-25-21(28)19(33-22(25)29)11-17-8-9-18(32-17)13-4-6-16(7-5-13)26(30)31/h1-11H,12H2,(H,24,27)/b19-11+. The average molecular weight is 484 g/mol. The number of benzene rings is 2. The maximum absolute atomic E-state index is 12.6. The van der Waals surface area contributed by atoms with Gasteiger partial charge in [-0.25, -0.2) is 0 Å². The number of rotatable bonds is 6. The van der Waals surface area contributed by atoms with Gasteiger partial charge in [-0.2, -0.15) is 0 Å². The van der Waals surface area contributed by atoms with Gasteiger partial charge in [0.2, 0.25) is 5.91 Å². The first-order valence-electron chi connectivity index (χ1n) is 9.45. The summed E-state index contributed by atoms with van der Waals surface area (Å²) in [5.41, 5.74) is 1.02. The molecule has 0 saturated carbocycles. The van der Waals surface area contributed by atoms with Crippen molar-refractivity contribution in [3.8, 4) is 11.3 Å². The molecule has 1 aliphatic rings. The van der Waals surface area contributed by atoms with Gasteiger partial charge in [0.1, 0.15) is 18.1 Å². The minimum atomic E-state index is -0.612. The molecule has 4 rings (SSSR count). The highest BCUT2D eigenvalue weighted by atomic mass is 35.5. The molecule has 2 aromatic carbocycles. The van der Waals surface area contributed by atoms with Gasteiger partial charge in [-0.1, -0.05) is 17.7 Å². The van der Waals surface area contributed by atoms with E-state index in [4.69, 9.17) is 16.0 Å². The van der Waals surface area contributed by atoms with E-state index in [-0.39, 0.29) is 10.6 Å². The van der Waals surface area contributed by atoms with Crippen molar-refractivity contribution in [1.29, 1.82) is 0 Å². The predicted octanol–water partition coefficient (Wildman–Crippen LogP) is 5.18. The molecular weight excluding hydrogens is 470 g/mol. The summed E-state index contributed by atoms with van der Waals surface area (Å²) in [4.78, 5) is 48.4. The molecule has 166 valence electrons. The first kappa shape index (κ1) is 22.3. The maximum atomic E-state index is 12.6. The zero-order valence-electron chi connectivity index (χ0n) is 16.7. The number of nitrogens with zero attached hydrogens (tertiary/aromatic N) is 2. The molecule has 11 heteroatoms. The average Bonchev–Trinajstić information content (AvgIpc) is 3.34. The summed E-state index contributed by atoms with van der Waals surface area (Å²) in [5, 5.41) is 13.2. The van der Waals surface area contributed by atoms with E-state index in [1.54, 1.807) is 48.5 Å². The number of amides is 3. The van der Waals surface area contributed by atoms with Gasteiger partial charge in [-0.3, -0.25) is 29.4 Å². The third-order valence-corrected chi connectivity index (χ3v) is 5.69. The van der Waals surface area contributed by atoms with E-state index < -0.39 is 28.5 Å². The summed E-state index contributed by atoms with van der Waals surface area (Å²) in [6.07, 6.45) is 1.41. The molecule has 33 heavy (non-hydrogen) atoms. The van der Waals surface area contributed by atoms with E-state index in [9.17, 15) is 24.5 Å². The molecular formula is C22H14ClN3O6S. The van der Waals surface area contributed by atoms with Crippen LogP contribution in [0.15, 0.2) is 70.0 Å². The van der Waals surface area contributed by atoms with Gasteiger partial charge in [-0.15, -0.1) is 0 Å². The molecule has 1 fully saturated rings. The van der Waals surface area contributed by atoms with Crippen LogP contribution in [0.3, 0.4) is 0 Å². The lowest BCUT2D eigenvalue weighted by Gasteiger charge is -2.12. The predicted molar refractivity (Wildman–Crippen MR) is 124 cm³/mol. The Labute approximate surface area is 196 Å². The third kappa shape index (κ3) is 5.13. The largest absolute Gasteiger partial charge is 0.457 e. The lowest BCUT2D eigenvalue weighted by atomic mass is 10.1. The van der Waals surface area contributed by atoms with Crippen molar-refractivity contribution >= 4 is 57.9 Å². The number of imide groups is 1. The molecule has 1 aromatic heterocycles. The van der Waals surface area contributed by atoms with Crippen LogP contribution < -0.4 is 5.32 Å². The molecule has 2 heterocycles. The van der Waals surface area contributed by atoms with E-state index in [1.165, 1.54) is 18.2 Å². The van der Waals surface area contributed by atoms with Gasteiger partial charge in [0, 0.05) is 34.5 Å². The number of hydrogen-bond acceptors (Lipinski definition) is 7. The van der Waals surface area contributed by atoms with E-state index in [2.05, 4.69) is 5.32 Å². The summed E-state index contributed by atoms with van der Waals surface area (Å²) in [6.45, 7) is -0.444. The van der Waals surface area contributed by atoms with Crippen molar-refractivity contribution < 1.29 is 23.7 Å². The first-order chi connectivity index (χ1) is 15.8. The van der Waals surface area contributed by atoms with Crippen LogP contribution in [0, 0.1) is 10.1 Å². The summed E-state index contributed by atoms with van der Waals surface area (Å²) in [6, 6.07) is 15.6. The van der Waals surface area contributed by atoms with E-state index in [1.807, 2.05) is 0 Å². The van der Waals surface area contributed by atoms with Crippen molar-refractivity contribution in [2.45, 2.75) is 0 Å². The summed E-state index contributed by atoms with van der Waals surface area (Å²) >= 11 is 6.58. The van der Waals surface area contributed by atoms with Crippen LogP contribution in [0.25, 0.3) is 17.4 Å². The fourth-order valence-electron chi connectivity index (χ4n) is 3.01. The van der Waals surface area contributed by atoms with Crippen LogP contribution in [0.1, 0.15) is 5.76 Å². The lowest BCUT2D eigenvalue weighted by Crippen LogP contribution is -2.36. The molecule has 0 bridgehead atoms. The highest BCUT2D eigenvalue weighted by Crippen LogP contribution is 2.33. The van der Waals surface area contributed by atoms with Gasteiger partial charge >= 0.3 is 0 Å². The topological polar surface area (TPSA) is 123 Å². The molecule has 0 aliphatic carbocycles. The number of hydrogen-bond donors (Lipinski definition) is 1. The van der Waals surface area contributed by atoms with E-state index in [0.717, 1.165) is 4.90 Å². The monoisotopic (exact) mass is 483 g/mol. The van der Waals surface area contributed by atoms with Gasteiger partial charge in [0.25, 0.3) is 16.8 Å². The van der Waals surface area contributed by atoms with Crippen molar-refractivity contribution in [3.05, 3.63) is 86.5 Å². The molecule has 1 N–H and O–H groups in total. The van der Waals surface area contributed by atoms with Gasteiger partial charge in [0.15, 0.2) is 0 Å². The Kier molecular flexibility index (Phi) is 6.29. The van der Waals surface area contributed by atoms with Crippen LogP contribution in [0.4, 0.5) is 16.2 Å². The number of anilines is 1. The minimum Gasteiger partial charge on any atom is -0.457 e. The van der Waals surface area contributed by atoms with Crippen molar-refractivity contribution in [1.82, 2.24) is 4.90 Å². The van der Waals surface area contributed by atoms with Gasteiger partial charge in [-0.05, 0) is 54.2 Å². The fourth-order valence-corrected chi connectivity index (χ4v) is 4.02. The number of carbonyl (C=O) groups is 3. The first-order valence-corrected chi connectivity index (χ1v) is 10.6. The number of furan rings is 1. The number of nitro benzene ring substituents is 1. The Bertz CT molecular complexity index is 1300. The lowest BCUT2D eigenvalue weighted by molar-refractivity contribution is -0.384. The van der Waals surface area contributed by atoms with Crippen LogP contribution >= 0.6 is 23.4 Å². The molecule has 0 unspecified atom stereocenters. The van der Waals surface area contributed by atoms with Crippen LogP contribution in [-0.4, -0.2) is 33.4 Å². The fraction of sp³-hybridized carbons (Fsp3) is 0.0455. The van der Waals surface area contributed by atoms with Crippen molar-refractivity contribution in [2.24, 2.45) is 0 Å². The second-order valence-corrected chi connectivity index (χ2v) is 8.26. The smallest absolute Gasteiger partial charge is 0.294 e. The van der Waals surface area contributed by atoms with Crippen LogP contribution in [0.5, 0.6) is 0 Å². The Morgan fingerprint density at radius 2 is 1.91 bits per heavy atom. The molecule has 0 radical (unpaired) electrons. The Morgan fingerprint density at radius 1 is 1.15 bits per heavy atom. The van der Waals surface area contributed by atoms with Gasteiger partial charge in [0.05, 0.1) is 9.83 Å². The number of halogens is 1. The Morgan fingerprint density at radius 3 is 2.61 bits per heavy atom.